The zero-order valence-electron chi connectivity index (χ0n) is 20.6. The number of hydrogen-bond donors (Lipinski definition) is 3. The summed E-state index contributed by atoms with van der Waals surface area (Å²) in [5.74, 6) is -4.11. The van der Waals surface area contributed by atoms with E-state index in [1.165, 1.54) is 18.3 Å². The standard InChI is InChI=1S/C23H30F5N5O4/c1-21(2,3)37-20(36)32-17(14-4-7-22(24,25)8-5-14)18(34)31-16-10-13(6-9-29-16)11-33-12-15(23(26,27)28)30-19(33)35/h6,9-10,14-15,17H,4-5,7-8,11-12H2,1-3H3,(H,30,35)(H,32,36)(H,29,31,34)/t15-,17-/m0/s1. The van der Waals surface area contributed by atoms with Crippen LogP contribution in [0.3, 0.4) is 0 Å². The Bertz CT molecular complexity index is 1000. The Morgan fingerprint density at radius 1 is 1.24 bits per heavy atom. The number of pyridine rings is 1. The molecule has 3 rings (SSSR count). The Morgan fingerprint density at radius 3 is 2.46 bits per heavy atom. The van der Waals surface area contributed by atoms with Crippen LogP contribution in [0.5, 0.6) is 0 Å². The first-order chi connectivity index (χ1) is 17.0. The van der Waals surface area contributed by atoms with Gasteiger partial charge in [-0.25, -0.2) is 23.4 Å². The third-order valence-electron chi connectivity index (χ3n) is 6.02. The Morgan fingerprint density at radius 2 is 1.89 bits per heavy atom. The van der Waals surface area contributed by atoms with Gasteiger partial charge in [0.1, 0.15) is 23.5 Å². The molecule has 2 heterocycles. The summed E-state index contributed by atoms with van der Waals surface area (Å²) in [6.45, 7) is 4.17. The molecule has 206 valence electrons. The summed E-state index contributed by atoms with van der Waals surface area (Å²) in [6, 6.07) is -1.19. The van der Waals surface area contributed by atoms with Gasteiger partial charge in [0.05, 0.1) is 6.54 Å². The molecule has 2 aliphatic rings. The van der Waals surface area contributed by atoms with Gasteiger partial charge in [0.25, 0.3) is 0 Å². The minimum absolute atomic E-state index is 0.00119. The number of alkyl carbamates (subject to hydrolysis) is 1. The number of ether oxygens (including phenoxy) is 1. The molecule has 3 N–H and O–H groups in total. The van der Waals surface area contributed by atoms with Gasteiger partial charge in [0, 0.05) is 25.6 Å². The van der Waals surface area contributed by atoms with Crippen molar-refractivity contribution >= 4 is 23.8 Å². The molecule has 0 spiro atoms. The monoisotopic (exact) mass is 535 g/mol. The molecule has 1 aromatic rings. The maximum Gasteiger partial charge on any atom is 0.410 e. The first-order valence-corrected chi connectivity index (χ1v) is 11.8. The fourth-order valence-corrected chi connectivity index (χ4v) is 4.20. The van der Waals surface area contributed by atoms with Crippen LogP contribution in [0.4, 0.5) is 37.4 Å². The van der Waals surface area contributed by atoms with Crippen molar-refractivity contribution in [2.24, 2.45) is 5.92 Å². The molecule has 0 aromatic carbocycles. The van der Waals surface area contributed by atoms with Crippen molar-refractivity contribution in [3.05, 3.63) is 23.9 Å². The van der Waals surface area contributed by atoms with E-state index in [2.05, 4.69) is 15.6 Å². The lowest BCUT2D eigenvalue weighted by atomic mass is 9.81. The smallest absolute Gasteiger partial charge is 0.410 e. The van der Waals surface area contributed by atoms with Crippen LogP contribution in [0.1, 0.15) is 52.0 Å². The highest BCUT2D eigenvalue weighted by molar-refractivity contribution is 5.96. The van der Waals surface area contributed by atoms with E-state index in [1.807, 2.05) is 5.32 Å². The van der Waals surface area contributed by atoms with E-state index < -0.39 is 73.1 Å². The number of aromatic nitrogens is 1. The predicted molar refractivity (Wildman–Crippen MR) is 122 cm³/mol. The van der Waals surface area contributed by atoms with Crippen LogP contribution in [0.25, 0.3) is 0 Å². The highest BCUT2D eigenvalue weighted by atomic mass is 19.4. The van der Waals surface area contributed by atoms with E-state index in [4.69, 9.17) is 4.74 Å². The Labute approximate surface area is 210 Å². The highest BCUT2D eigenvalue weighted by Crippen LogP contribution is 2.37. The van der Waals surface area contributed by atoms with Crippen LogP contribution in [0, 0.1) is 5.92 Å². The van der Waals surface area contributed by atoms with Crippen LogP contribution >= 0.6 is 0 Å². The molecule has 2 atom stereocenters. The molecular weight excluding hydrogens is 505 g/mol. The van der Waals surface area contributed by atoms with Gasteiger partial charge >= 0.3 is 18.3 Å². The largest absolute Gasteiger partial charge is 0.444 e. The zero-order valence-corrected chi connectivity index (χ0v) is 20.6. The van der Waals surface area contributed by atoms with Crippen molar-refractivity contribution in [1.82, 2.24) is 20.5 Å². The topological polar surface area (TPSA) is 113 Å². The number of carbonyl (C=O) groups is 3. The fraction of sp³-hybridized carbons (Fsp3) is 0.652. The van der Waals surface area contributed by atoms with Crippen molar-refractivity contribution < 1.29 is 41.1 Å². The molecule has 4 amide bonds. The van der Waals surface area contributed by atoms with Gasteiger partial charge in [0.2, 0.25) is 11.8 Å². The number of alkyl halides is 5. The van der Waals surface area contributed by atoms with E-state index in [0.717, 1.165) is 4.90 Å². The summed E-state index contributed by atoms with van der Waals surface area (Å²) >= 11 is 0. The minimum atomic E-state index is -4.58. The van der Waals surface area contributed by atoms with Crippen molar-refractivity contribution in [3.63, 3.8) is 0 Å². The van der Waals surface area contributed by atoms with Crippen LogP contribution < -0.4 is 16.0 Å². The number of anilines is 1. The Hall–Kier alpha value is -3.19. The summed E-state index contributed by atoms with van der Waals surface area (Å²) < 4.78 is 71.4. The molecule has 14 heteroatoms. The number of carbonyl (C=O) groups excluding carboxylic acids is 3. The average molecular weight is 536 g/mol. The molecule has 0 bridgehead atoms. The van der Waals surface area contributed by atoms with Crippen LogP contribution in [0.15, 0.2) is 18.3 Å². The van der Waals surface area contributed by atoms with Crippen LogP contribution in [-0.2, 0) is 16.1 Å². The van der Waals surface area contributed by atoms with Gasteiger partial charge in [-0.05, 0) is 57.2 Å². The molecule has 37 heavy (non-hydrogen) atoms. The lowest BCUT2D eigenvalue weighted by Crippen LogP contribution is -2.51. The molecule has 1 aromatic heterocycles. The van der Waals surface area contributed by atoms with Crippen molar-refractivity contribution in [2.75, 3.05) is 11.9 Å². The van der Waals surface area contributed by atoms with E-state index >= 15 is 0 Å². The first-order valence-electron chi connectivity index (χ1n) is 11.8. The molecule has 1 aliphatic carbocycles. The molecule has 9 nitrogen and oxygen atoms in total. The van der Waals surface area contributed by atoms with Gasteiger partial charge in [-0.3, -0.25) is 4.79 Å². The van der Waals surface area contributed by atoms with E-state index in [1.54, 1.807) is 20.8 Å². The second-order valence-electron chi connectivity index (χ2n) is 10.3. The maximum atomic E-state index is 13.7. The van der Waals surface area contributed by atoms with Crippen molar-refractivity contribution in [3.8, 4) is 0 Å². The lowest BCUT2D eigenvalue weighted by Gasteiger charge is -2.33. The Balaban J connectivity index is 1.70. The van der Waals surface area contributed by atoms with E-state index in [9.17, 15) is 36.3 Å². The molecule has 0 unspecified atom stereocenters. The number of rotatable bonds is 6. The van der Waals surface area contributed by atoms with Gasteiger partial charge < -0.3 is 25.6 Å². The summed E-state index contributed by atoms with van der Waals surface area (Å²) in [7, 11) is 0. The van der Waals surface area contributed by atoms with Crippen LogP contribution in [0.2, 0.25) is 0 Å². The first kappa shape index (κ1) is 28.4. The number of nitrogens with one attached hydrogen (secondary N) is 3. The Kier molecular flexibility index (Phi) is 8.18. The third kappa shape index (κ3) is 8.15. The second kappa shape index (κ2) is 10.7. The second-order valence-corrected chi connectivity index (χ2v) is 10.3. The van der Waals surface area contributed by atoms with Gasteiger partial charge in [0.15, 0.2) is 0 Å². The molecule has 2 fully saturated rings. The fourth-order valence-electron chi connectivity index (χ4n) is 4.20. The average Bonchev–Trinajstić information content (AvgIpc) is 3.12. The van der Waals surface area contributed by atoms with Crippen LogP contribution in [-0.4, -0.2) is 64.2 Å². The van der Waals surface area contributed by atoms with E-state index in [-0.39, 0.29) is 25.2 Å². The van der Waals surface area contributed by atoms with Crippen molar-refractivity contribution in [2.45, 2.75) is 82.8 Å². The number of amides is 4. The summed E-state index contributed by atoms with van der Waals surface area (Å²) in [5.41, 5.74) is -0.453. The normalized spacial score (nSPS) is 21.2. The molecule has 0 radical (unpaired) electrons. The number of urea groups is 1. The van der Waals surface area contributed by atoms with Gasteiger partial charge in [-0.2, -0.15) is 13.2 Å². The summed E-state index contributed by atoms with van der Waals surface area (Å²) in [4.78, 5) is 42.4. The molecule has 1 aliphatic heterocycles. The SMILES string of the molecule is CC(C)(C)OC(=O)N[C@H](C(=O)Nc1cc(CN2C[C@@H](C(F)(F)F)NC2=O)ccn1)C1CCC(F)(F)CC1. The quantitative estimate of drug-likeness (QED) is 0.473. The number of nitrogens with zero attached hydrogens (tertiary/aromatic N) is 2. The predicted octanol–water partition coefficient (Wildman–Crippen LogP) is 4.20. The van der Waals surface area contributed by atoms with Gasteiger partial charge in [-0.1, -0.05) is 0 Å². The summed E-state index contributed by atoms with van der Waals surface area (Å²) in [6.07, 6.45) is -5.02. The lowest BCUT2D eigenvalue weighted by molar-refractivity contribution is -0.149. The zero-order chi connectivity index (χ0) is 27.6. The molecule has 1 saturated carbocycles. The molecular formula is C23H30F5N5O4. The molecule has 1 saturated heterocycles. The highest BCUT2D eigenvalue weighted by Gasteiger charge is 2.47. The number of hydrogen-bond acceptors (Lipinski definition) is 5. The summed E-state index contributed by atoms with van der Waals surface area (Å²) in [5, 5.41) is 6.88. The maximum absolute atomic E-state index is 13.7. The minimum Gasteiger partial charge on any atom is -0.444 e. The number of halogens is 5. The van der Waals surface area contributed by atoms with Crippen molar-refractivity contribution in [1.29, 1.82) is 0 Å². The van der Waals surface area contributed by atoms with Gasteiger partial charge in [-0.15, -0.1) is 0 Å². The van der Waals surface area contributed by atoms with E-state index in [0.29, 0.717) is 5.56 Å². The third-order valence-corrected chi connectivity index (χ3v) is 6.02.